The van der Waals surface area contributed by atoms with Crippen LogP contribution in [0, 0.1) is 16.0 Å². The molecule has 0 bridgehead atoms. The fourth-order valence-corrected chi connectivity index (χ4v) is 3.57. The monoisotopic (exact) mass is 361 g/mol. The van der Waals surface area contributed by atoms with Crippen molar-refractivity contribution in [1.82, 2.24) is 4.90 Å². The van der Waals surface area contributed by atoms with Gasteiger partial charge in [-0.15, -0.1) is 0 Å². The van der Waals surface area contributed by atoms with Gasteiger partial charge in [-0.3, -0.25) is 19.7 Å². The van der Waals surface area contributed by atoms with Crippen molar-refractivity contribution in [2.75, 3.05) is 44.3 Å². The van der Waals surface area contributed by atoms with Crippen LogP contribution in [-0.2, 0) is 9.53 Å². The molecule has 1 aromatic carbocycles. The van der Waals surface area contributed by atoms with E-state index in [1.165, 1.54) is 13.0 Å². The lowest BCUT2D eigenvalue weighted by atomic mass is 9.94. The van der Waals surface area contributed by atoms with Gasteiger partial charge in [0.05, 0.1) is 18.1 Å². The number of rotatable bonds is 4. The summed E-state index contributed by atoms with van der Waals surface area (Å²) in [6.45, 7) is 5.00. The molecule has 0 aromatic heterocycles. The number of anilines is 1. The molecule has 1 amide bonds. The Balaban J connectivity index is 1.68. The largest absolute Gasteiger partial charge is 0.378 e. The van der Waals surface area contributed by atoms with E-state index in [2.05, 4.69) is 0 Å². The second kappa shape index (κ2) is 7.82. The molecular weight excluding hydrogens is 338 g/mol. The first kappa shape index (κ1) is 18.3. The van der Waals surface area contributed by atoms with Gasteiger partial charge in [0.25, 0.3) is 5.69 Å². The van der Waals surface area contributed by atoms with Crippen molar-refractivity contribution in [3.05, 3.63) is 33.9 Å². The number of carbonyl (C=O) groups is 2. The highest BCUT2D eigenvalue weighted by molar-refractivity contribution is 5.95. The van der Waals surface area contributed by atoms with Crippen molar-refractivity contribution in [2.45, 2.75) is 19.8 Å². The summed E-state index contributed by atoms with van der Waals surface area (Å²) >= 11 is 0. The SMILES string of the molecule is CC(=O)c1ccc(N2CCC(C(=O)N3CCOCC3)CC2)c([N+](=O)[O-])c1. The number of amides is 1. The van der Waals surface area contributed by atoms with Crippen molar-refractivity contribution >= 4 is 23.1 Å². The van der Waals surface area contributed by atoms with Gasteiger partial charge in [0.15, 0.2) is 5.78 Å². The van der Waals surface area contributed by atoms with E-state index in [9.17, 15) is 19.7 Å². The standard InChI is InChI=1S/C18H23N3O5/c1-13(22)15-2-3-16(17(12-15)21(24)25)19-6-4-14(5-7-19)18(23)20-8-10-26-11-9-20/h2-3,12,14H,4-11H2,1H3. The summed E-state index contributed by atoms with van der Waals surface area (Å²) in [5.41, 5.74) is 0.783. The second-order valence-electron chi connectivity index (χ2n) is 6.72. The van der Waals surface area contributed by atoms with Gasteiger partial charge in [-0.25, -0.2) is 0 Å². The molecule has 0 radical (unpaired) electrons. The van der Waals surface area contributed by atoms with Crippen LogP contribution in [0.3, 0.4) is 0 Å². The summed E-state index contributed by atoms with van der Waals surface area (Å²) in [4.78, 5) is 38.8. The number of hydrogen-bond donors (Lipinski definition) is 0. The molecule has 26 heavy (non-hydrogen) atoms. The smallest absolute Gasteiger partial charge is 0.293 e. The summed E-state index contributed by atoms with van der Waals surface area (Å²) < 4.78 is 5.28. The van der Waals surface area contributed by atoms with E-state index in [1.807, 2.05) is 9.80 Å². The number of hydrogen-bond acceptors (Lipinski definition) is 6. The molecule has 0 aliphatic carbocycles. The molecule has 0 unspecified atom stereocenters. The van der Waals surface area contributed by atoms with Crippen LogP contribution in [-0.4, -0.2) is 60.9 Å². The Kier molecular flexibility index (Phi) is 5.51. The lowest BCUT2D eigenvalue weighted by Gasteiger charge is -2.36. The van der Waals surface area contributed by atoms with Gasteiger partial charge in [-0.05, 0) is 31.9 Å². The number of ether oxygens (including phenoxy) is 1. The van der Waals surface area contributed by atoms with Crippen LogP contribution in [0.25, 0.3) is 0 Å². The first-order chi connectivity index (χ1) is 12.5. The molecule has 3 rings (SSSR count). The maximum absolute atomic E-state index is 12.6. The average molecular weight is 361 g/mol. The van der Waals surface area contributed by atoms with E-state index >= 15 is 0 Å². The first-order valence-corrected chi connectivity index (χ1v) is 8.88. The number of piperidine rings is 1. The van der Waals surface area contributed by atoms with Crippen LogP contribution >= 0.6 is 0 Å². The molecule has 1 aromatic rings. The normalized spacial score (nSPS) is 18.7. The minimum atomic E-state index is -0.452. The maximum Gasteiger partial charge on any atom is 0.293 e. The van der Waals surface area contributed by atoms with Crippen molar-refractivity contribution in [1.29, 1.82) is 0 Å². The molecule has 2 heterocycles. The van der Waals surface area contributed by atoms with Crippen LogP contribution in [0.15, 0.2) is 18.2 Å². The lowest BCUT2D eigenvalue weighted by Crippen LogP contribution is -2.46. The maximum atomic E-state index is 12.6. The second-order valence-corrected chi connectivity index (χ2v) is 6.72. The van der Waals surface area contributed by atoms with Crippen LogP contribution < -0.4 is 4.90 Å². The Morgan fingerprint density at radius 2 is 1.81 bits per heavy atom. The Morgan fingerprint density at radius 1 is 1.15 bits per heavy atom. The highest BCUT2D eigenvalue weighted by Gasteiger charge is 2.31. The number of nitro groups is 1. The summed E-state index contributed by atoms with van der Waals surface area (Å²) in [5, 5.41) is 11.4. The number of nitrogens with zero attached hydrogens (tertiary/aromatic N) is 3. The van der Waals surface area contributed by atoms with Gasteiger partial charge < -0.3 is 14.5 Å². The Hall–Kier alpha value is -2.48. The molecule has 8 nitrogen and oxygen atoms in total. The van der Waals surface area contributed by atoms with Gasteiger partial charge >= 0.3 is 0 Å². The van der Waals surface area contributed by atoms with Gasteiger partial charge in [0.1, 0.15) is 5.69 Å². The first-order valence-electron chi connectivity index (χ1n) is 8.88. The number of nitro benzene ring substituents is 1. The number of morpholine rings is 1. The van der Waals surface area contributed by atoms with E-state index in [0.29, 0.717) is 63.5 Å². The molecule has 8 heteroatoms. The van der Waals surface area contributed by atoms with E-state index in [1.54, 1.807) is 12.1 Å². The average Bonchev–Trinajstić information content (AvgIpc) is 2.67. The highest BCUT2D eigenvalue weighted by atomic mass is 16.6. The molecule has 0 spiro atoms. The Labute approximate surface area is 151 Å². The van der Waals surface area contributed by atoms with Crippen molar-refractivity contribution in [3.8, 4) is 0 Å². The summed E-state index contributed by atoms with van der Waals surface area (Å²) in [6, 6.07) is 4.59. The third-order valence-corrected chi connectivity index (χ3v) is 5.09. The lowest BCUT2D eigenvalue weighted by molar-refractivity contribution is -0.384. The van der Waals surface area contributed by atoms with Gasteiger partial charge in [0.2, 0.25) is 5.91 Å². The highest BCUT2D eigenvalue weighted by Crippen LogP contribution is 2.33. The zero-order chi connectivity index (χ0) is 18.7. The predicted octanol–water partition coefficient (Wildman–Crippen LogP) is 1.87. The topological polar surface area (TPSA) is 93.0 Å². The summed E-state index contributed by atoms with van der Waals surface area (Å²) in [5.74, 6) is -0.0799. The number of benzene rings is 1. The molecular formula is C18H23N3O5. The molecule has 0 atom stereocenters. The summed E-state index contributed by atoms with van der Waals surface area (Å²) in [7, 11) is 0. The Bertz CT molecular complexity index is 707. The van der Waals surface area contributed by atoms with Gasteiger partial charge in [-0.1, -0.05) is 0 Å². The predicted molar refractivity (Wildman–Crippen MR) is 95.4 cm³/mol. The van der Waals surface area contributed by atoms with Crippen molar-refractivity contribution in [2.24, 2.45) is 5.92 Å². The van der Waals surface area contributed by atoms with Crippen molar-refractivity contribution < 1.29 is 19.2 Å². The summed E-state index contributed by atoms with van der Waals surface area (Å²) in [6.07, 6.45) is 1.34. The molecule has 140 valence electrons. The van der Waals surface area contributed by atoms with Crippen LogP contribution in [0.5, 0.6) is 0 Å². The van der Waals surface area contributed by atoms with E-state index < -0.39 is 4.92 Å². The number of ketones is 1. The fraction of sp³-hybridized carbons (Fsp3) is 0.556. The molecule has 0 saturated carbocycles. The third-order valence-electron chi connectivity index (χ3n) is 5.09. The quantitative estimate of drug-likeness (QED) is 0.462. The molecule has 2 aliphatic heterocycles. The minimum Gasteiger partial charge on any atom is -0.378 e. The number of Topliss-reactive ketones (excluding diaryl/α,β-unsaturated/α-hetero) is 1. The fourth-order valence-electron chi connectivity index (χ4n) is 3.57. The van der Waals surface area contributed by atoms with Crippen molar-refractivity contribution in [3.63, 3.8) is 0 Å². The van der Waals surface area contributed by atoms with Gasteiger partial charge in [-0.2, -0.15) is 0 Å². The molecule has 2 aliphatic rings. The third kappa shape index (κ3) is 3.85. The van der Waals surface area contributed by atoms with E-state index in [4.69, 9.17) is 4.74 Å². The van der Waals surface area contributed by atoms with Crippen LogP contribution in [0.1, 0.15) is 30.1 Å². The van der Waals surface area contributed by atoms with Gasteiger partial charge in [0, 0.05) is 43.7 Å². The molecule has 2 saturated heterocycles. The Morgan fingerprint density at radius 3 is 2.38 bits per heavy atom. The van der Waals surface area contributed by atoms with Crippen LogP contribution in [0.2, 0.25) is 0 Å². The van der Waals surface area contributed by atoms with Crippen LogP contribution in [0.4, 0.5) is 11.4 Å². The zero-order valence-electron chi connectivity index (χ0n) is 14.8. The molecule has 0 N–H and O–H groups in total. The van der Waals surface area contributed by atoms with E-state index in [-0.39, 0.29) is 23.3 Å². The minimum absolute atomic E-state index is 0.0418. The molecule has 2 fully saturated rings. The number of carbonyl (C=O) groups excluding carboxylic acids is 2. The van der Waals surface area contributed by atoms with E-state index in [0.717, 1.165) is 0 Å². The zero-order valence-corrected chi connectivity index (χ0v) is 14.8.